The Labute approximate surface area is 106 Å². The van der Waals surface area contributed by atoms with Crippen LogP contribution in [0.5, 0.6) is 5.75 Å². The zero-order chi connectivity index (χ0) is 12.5. The lowest BCUT2D eigenvalue weighted by molar-refractivity contribution is 0.446. The highest BCUT2D eigenvalue weighted by atomic mass is 79.9. The Morgan fingerprint density at radius 1 is 1.38 bits per heavy atom. The predicted octanol–water partition coefficient (Wildman–Crippen LogP) is 3.56. The molecule has 0 aliphatic heterocycles. The highest BCUT2D eigenvalue weighted by Gasteiger charge is 2.17. The van der Waals surface area contributed by atoms with E-state index >= 15 is 0 Å². The molecule has 3 N–H and O–H groups in total. The van der Waals surface area contributed by atoms with Gasteiger partial charge in [-0.1, -0.05) is 19.9 Å². The molecule has 1 aromatic rings. The molecule has 0 aromatic heterocycles. The Morgan fingerprint density at radius 2 is 1.94 bits per heavy atom. The molecule has 0 saturated heterocycles. The fraction of sp³-hybridized carbons (Fsp3) is 0.538. The van der Waals surface area contributed by atoms with Crippen molar-refractivity contribution in [2.24, 2.45) is 5.73 Å². The van der Waals surface area contributed by atoms with E-state index in [0.29, 0.717) is 18.1 Å². The van der Waals surface area contributed by atoms with E-state index in [-0.39, 0.29) is 5.54 Å². The van der Waals surface area contributed by atoms with E-state index in [2.05, 4.69) is 29.8 Å². The minimum atomic E-state index is -0.313. The van der Waals surface area contributed by atoms with E-state index in [1.807, 2.05) is 26.0 Å². The molecule has 0 fully saturated rings. The minimum Gasteiger partial charge on any atom is -0.506 e. The standard InChI is InChI=1S/C13H20BrNO/c1-8(2)9-5-10(7-13(3,4)15)12(16)11(14)6-9/h5-6,8,16H,7,15H2,1-4H3. The summed E-state index contributed by atoms with van der Waals surface area (Å²) < 4.78 is 0.748. The molecule has 0 atom stereocenters. The number of hydrogen-bond donors (Lipinski definition) is 2. The lowest BCUT2D eigenvalue weighted by Gasteiger charge is -2.21. The summed E-state index contributed by atoms with van der Waals surface area (Å²) in [6.45, 7) is 8.19. The van der Waals surface area contributed by atoms with Crippen LogP contribution in [0, 0.1) is 0 Å². The topological polar surface area (TPSA) is 46.2 Å². The number of aromatic hydroxyl groups is 1. The van der Waals surface area contributed by atoms with E-state index in [0.717, 1.165) is 10.0 Å². The number of hydrogen-bond acceptors (Lipinski definition) is 2. The van der Waals surface area contributed by atoms with Gasteiger partial charge in [0.05, 0.1) is 4.47 Å². The summed E-state index contributed by atoms with van der Waals surface area (Å²) in [6.07, 6.45) is 0.665. The molecule has 3 heteroatoms. The van der Waals surface area contributed by atoms with Gasteiger partial charge in [0, 0.05) is 5.54 Å². The first-order chi connectivity index (χ1) is 7.20. The number of benzene rings is 1. The molecule has 0 saturated carbocycles. The van der Waals surface area contributed by atoms with Gasteiger partial charge in [0.15, 0.2) is 0 Å². The Bertz CT molecular complexity index is 380. The summed E-state index contributed by atoms with van der Waals surface area (Å²) in [7, 11) is 0. The smallest absolute Gasteiger partial charge is 0.133 e. The van der Waals surface area contributed by atoms with Crippen molar-refractivity contribution in [3.8, 4) is 5.75 Å². The van der Waals surface area contributed by atoms with Gasteiger partial charge >= 0.3 is 0 Å². The first kappa shape index (κ1) is 13.5. The minimum absolute atomic E-state index is 0.308. The van der Waals surface area contributed by atoms with Crippen molar-refractivity contribution in [3.63, 3.8) is 0 Å². The van der Waals surface area contributed by atoms with Gasteiger partial charge in [0.25, 0.3) is 0 Å². The van der Waals surface area contributed by atoms with Crippen molar-refractivity contribution in [2.75, 3.05) is 0 Å². The van der Waals surface area contributed by atoms with Crippen molar-refractivity contribution < 1.29 is 5.11 Å². The van der Waals surface area contributed by atoms with Gasteiger partial charge in [-0.15, -0.1) is 0 Å². The second-order valence-corrected chi connectivity index (χ2v) is 6.18. The van der Waals surface area contributed by atoms with E-state index < -0.39 is 0 Å². The van der Waals surface area contributed by atoms with Crippen molar-refractivity contribution in [2.45, 2.75) is 45.6 Å². The number of rotatable bonds is 3. The molecule has 0 spiro atoms. The summed E-state index contributed by atoms with van der Waals surface area (Å²) in [4.78, 5) is 0. The molecular formula is C13H20BrNO. The Hall–Kier alpha value is -0.540. The van der Waals surface area contributed by atoms with E-state index in [1.165, 1.54) is 5.56 Å². The van der Waals surface area contributed by atoms with Gasteiger partial charge < -0.3 is 10.8 Å². The average Bonchev–Trinajstić information content (AvgIpc) is 2.10. The number of phenolic OH excluding ortho intramolecular Hbond substituents is 1. The first-order valence-corrected chi connectivity index (χ1v) is 6.30. The number of halogens is 1. The molecule has 16 heavy (non-hydrogen) atoms. The summed E-state index contributed by atoms with van der Waals surface area (Å²) in [5.74, 6) is 0.750. The molecule has 0 radical (unpaired) electrons. The Kier molecular flexibility index (Phi) is 4.02. The van der Waals surface area contributed by atoms with Crippen LogP contribution in [-0.4, -0.2) is 10.6 Å². The zero-order valence-electron chi connectivity index (χ0n) is 10.3. The van der Waals surface area contributed by atoms with Crippen LogP contribution in [0.1, 0.15) is 44.7 Å². The molecule has 1 rings (SSSR count). The van der Waals surface area contributed by atoms with Gasteiger partial charge in [0.1, 0.15) is 5.75 Å². The Morgan fingerprint density at radius 3 is 2.38 bits per heavy atom. The summed E-state index contributed by atoms with van der Waals surface area (Å²) >= 11 is 3.38. The van der Waals surface area contributed by atoms with Gasteiger partial charge in [-0.05, 0) is 59.3 Å². The van der Waals surface area contributed by atoms with E-state index in [4.69, 9.17) is 5.73 Å². The molecule has 0 bridgehead atoms. The second-order valence-electron chi connectivity index (χ2n) is 5.33. The van der Waals surface area contributed by atoms with Crippen LogP contribution < -0.4 is 5.73 Å². The lowest BCUT2D eigenvalue weighted by Crippen LogP contribution is -2.34. The van der Waals surface area contributed by atoms with Crippen LogP contribution >= 0.6 is 15.9 Å². The summed E-state index contributed by atoms with van der Waals surface area (Å²) in [5, 5.41) is 9.96. The van der Waals surface area contributed by atoms with Crippen LogP contribution in [-0.2, 0) is 6.42 Å². The molecule has 0 unspecified atom stereocenters. The molecule has 1 aromatic carbocycles. The van der Waals surface area contributed by atoms with Crippen molar-refractivity contribution in [3.05, 3.63) is 27.7 Å². The number of phenols is 1. The normalized spacial score (nSPS) is 12.2. The molecule has 0 amide bonds. The van der Waals surface area contributed by atoms with E-state index in [9.17, 15) is 5.11 Å². The maximum atomic E-state index is 9.96. The van der Waals surface area contributed by atoms with Crippen molar-refractivity contribution >= 4 is 15.9 Å². The van der Waals surface area contributed by atoms with Gasteiger partial charge in [-0.25, -0.2) is 0 Å². The summed E-state index contributed by atoms with van der Waals surface area (Å²) in [5.41, 5.74) is 7.79. The third kappa shape index (κ3) is 3.49. The molecule has 0 heterocycles. The van der Waals surface area contributed by atoms with Crippen LogP contribution in [0.3, 0.4) is 0 Å². The van der Waals surface area contributed by atoms with Gasteiger partial charge in [-0.2, -0.15) is 0 Å². The highest BCUT2D eigenvalue weighted by molar-refractivity contribution is 9.10. The maximum Gasteiger partial charge on any atom is 0.133 e. The first-order valence-electron chi connectivity index (χ1n) is 5.51. The lowest BCUT2D eigenvalue weighted by atomic mass is 9.92. The van der Waals surface area contributed by atoms with Gasteiger partial charge in [0.2, 0.25) is 0 Å². The van der Waals surface area contributed by atoms with Gasteiger partial charge in [-0.3, -0.25) is 0 Å². The third-order valence-electron chi connectivity index (χ3n) is 2.48. The summed E-state index contributed by atoms with van der Waals surface area (Å²) in [6, 6.07) is 4.01. The molecule has 90 valence electrons. The van der Waals surface area contributed by atoms with Crippen LogP contribution in [0.15, 0.2) is 16.6 Å². The highest BCUT2D eigenvalue weighted by Crippen LogP contribution is 2.33. The average molecular weight is 286 g/mol. The van der Waals surface area contributed by atoms with Crippen LogP contribution in [0.25, 0.3) is 0 Å². The Balaban J connectivity index is 3.17. The quantitative estimate of drug-likeness (QED) is 0.892. The molecular weight excluding hydrogens is 266 g/mol. The third-order valence-corrected chi connectivity index (χ3v) is 3.08. The largest absolute Gasteiger partial charge is 0.506 e. The zero-order valence-corrected chi connectivity index (χ0v) is 11.9. The fourth-order valence-electron chi connectivity index (χ4n) is 1.64. The molecule has 0 aliphatic carbocycles. The second kappa shape index (κ2) is 4.76. The number of nitrogens with two attached hydrogens (primary N) is 1. The van der Waals surface area contributed by atoms with Crippen LogP contribution in [0.2, 0.25) is 0 Å². The monoisotopic (exact) mass is 285 g/mol. The van der Waals surface area contributed by atoms with Crippen molar-refractivity contribution in [1.29, 1.82) is 0 Å². The SMILES string of the molecule is CC(C)c1cc(Br)c(O)c(CC(C)(C)N)c1. The predicted molar refractivity (Wildman–Crippen MR) is 71.9 cm³/mol. The molecule has 0 aliphatic rings. The molecule has 2 nitrogen and oxygen atoms in total. The maximum absolute atomic E-state index is 9.96. The fourth-order valence-corrected chi connectivity index (χ4v) is 2.16. The van der Waals surface area contributed by atoms with Crippen molar-refractivity contribution in [1.82, 2.24) is 0 Å². The van der Waals surface area contributed by atoms with E-state index in [1.54, 1.807) is 0 Å². The van der Waals surface area contributed by atoms with Crippen LogP contribution in [0.4, 0.5) is 0 Å².